The summed E-state index contributed by atoms with van der Waals surface area (Å²) in [5.41, 5.74) is 3.22. The predicted molar refractivity (Wildman–Crippen MR) is 141 cm³/mol. The molecule has 4 rings (SSSR count). The van der Waals surface area contributed by atoms with Crippen LogP contribution >= 0.6 is 0 Å². The van der Waals surface area contributed by atoms with Crippen molar-refractivity contribution in [2.24, 2.45) is 0 Å². The lowest BCUT2D eigenvalue weighted by Gasteiger charge is -2.28. The quantitative estimate of drug-likeness (QED) is 0.415. The number of carbonyl (C=O) groups is 2. The zero-order valence-electron chi connectivity index (χ0n) is 21.6. The Morgan fingerprint density at radius 1 is 1.11 bits per heavy atom. The maximum Gasteiger partial charge on any atom is 0.328 e. The molecule has 0 unspecified atom stereocenters. The second-order valence-electron chi connectivity index (χ2n) is 9.09. The van der Waals surface area contributed by atoms with Crippen molar-refractivity contribution in [3.05, 3.63) is 65.0 Å². The van der Waals surface area contributed by atoms with Crippen LogP contribution in [0.15, 0.2) is 42.6 Å². The number of anilines is 2. The van der Waals surface area contributed by atoms with Gasteiger partial charge >= 0.3 is 6.03 Å². The molecule has 0 saturated heterocycles. The van der Waals surface area contributed by atoms with E-state index in [1.165, 1.54) is 0 Å². The summed E-state index contributed by atoms with van der Waals surface area (Å²) in [6.45, 7) is 4.41. The first-order valence-corrected chi connectivity index (χ1v) is 12.3. The first-order chi connectivity index (χ1) is 17.9. The van der Waals surface area contributed by atoms with Gasteiger partial charge in [-0.3, -0.25) is 15.0 Å². The molecular weight excluding hydrogens is 472 g/mol. The summed E-state index contributed by atoms with van der Waals surface area (Å²) in [4.78, 5) is 34.8. The number of methoxy groups -OCH3 is 2. The highest BCUT2D eigenvalue weighted by molar-refractivity contribution is 6.01. The number of benzene rings is 1. The molecule has 0 bridgehead atoms. The molecule has 0 spiro atoms. The Hall–Kier alpha value is -4.14. The molecule has 3 heterocycles. The van der Waals surface area contributed by atoms with Gasteiger partial charge in [0.15, 0.2) is 6.29 Å². The summed E-state index contributed by atoms with van der Waals surface area (Å²) in [5, 5.41) is 2.87. The van der Waals surface area contributed by atoms with E-state index in [0.717, 1.165) is 47.5 Å². The van der Waals surface area contributed by atoms with E-state index in [9.17, 15) is 9.59 Å². The van der Waals surface area contributed by atoms with Crippen molar-refractivity contribution < 1.29 is 23.8 Å². The molecule has 194 valence electrons. The van der Waals surface area contributed by atoms with Crippen molar-refractivity contribution in [1.82, 2.24) is 9.97 Å². The van der Waals surface area contributed by atoms with Crippen LogP contribution in [-0.2, 0) is 19.3 Å². The van der Waals surface area contributed by atoms with E-state index in [4.69, 9.17) is 14.2 Å². The Labute approximate surface area is 216 Å². The number of aldehydes is 1. The number of hydrogen-bond donors (Lipinski definition) is 1. The molecule has 0 atom stereocenters. The number of carbonyl (C=O) groups excluding carboxylic acids is 2. The first kappa shape index (κ1) is 25.9. The second-order valence-corrected chi connectivity index (χ2v) is 9.09. The number of hydrogen-bond acceptors (Lipinski definition) is 7. The number of aryl methyl sites for hydroxylation is 3. The smallest absolute Gasteiger partial charge is 0.328 e. The Balaban J connectivity index is 1.52. The zero-order valence-corrected chi connectivity index (χ0v) is 21.6. The topological polar surface area (TPSA) is 103 Å². The molecule has 9 nitrogen and oxygen atoms in total. The van der Waals surface area contributed by atoms with Gasteiger partial charge in [0.05, 0.1) is 20.3 Å². The number of rotatable bonds is 9. The summed E-state index contributed by atoms with van der Waals surface area (Å²) in [6.07, 6.45) is 5.39. The molecular formula is C28H32N4O5. The molecule has 1 aliphatic heterocycles. The predicted octanol–water partition coefficient (Wildman–Crippen LogP) is 4.86. The maximum absolute atomic E-state index is 13.2. The van der Waals surface area contributed by atoms with Crippen molar-refractivity contribution in [3.63, 3.8) is 0 Å². The van der Waals surface area contributed by atoms with Crippen LogP contribution in [0.2, 0.25) is 0 Å². The van der Waals surface area contributed by atoms with Gasteiger partial charge in [0.1, 0.15) is 34.6 Å². The molecule has 1 N–H and O–H groups in total. The largest absolute Gasteiger partial charge is 0.497 e. The fourth-order valence-corrected chi connectivity index (χ4v) is 4.27. The van der Waals surface area contributed by atoms with Crippen LogP contribution in [0.1, 0.15) is 47.4 Å². The highest BCUT2D eigenvalue weighted by Crippen LogP contribution is 2.29. The molecule has 1 aromatic carbocycles. The van der Waals surface area contributed by atoms with Crippen LogP contribution in [0.4, 0.5) is 16.4 Å². The fraction of sp³-hybridized carbons (Fsp3) is 0.357. The highest BCUT2D eigenvalue weighted by atomic mass is 16.5. The molecule has 2 aromatic heterocycles. The van der Waals surface area contributed by atoms with Gasteiger partial charge in [-0.1, -0.05) is 6.07 Å². The van der Waals surface area contributed by atoms with E-state index in [2.05, 4.69) is 15.3 Å². The SMILES string of the molecule is COc1cc(CCc2cnc(NC(=O)N3CCCc4ccc(C=O)nc43)cc2OC(C)C)cc(OC)c1. The summed E-state index contributed by atoms with van der Waals surface area (Å²) >= 11 is 0. The summed E-state index contributed by atoms with van der Waals surface area (Å²) < 4.78 is 16.8. The number of fused-ring (bicyclic) bond motifs is 1. The summed E-state index contributed by atoms with van der Waals surface area (Å²) in [7, 11) is 3.26. The van der Waals surface area contributed by atoms with Crippen molar-refractivity contribution in [2.45, 2.75) is 45.6 Å². The molecule has 37 heavy (non-hydrogen) atoms. The molecule has 0 fully saturated rings. The zero-order chi connectivity index (χ0) is 26.4. The fourth-order valence-electron chi connectivity index (χ4n) is 4.27. The number of urea groups is 1. The highest BCUT2D eigenvalue weighted by Gasteiger charge is 2.25. The van der Waals surface area contributed by atoms with E-state index in [1.54, 1.807) is 37.4 Å². The molecule has 9 heteroatoms. The van der Waals surface area contributed by atoms with Gasteiger partial charge in [0.2, 0.25) is 0 Å². The molecule has 0 radical (unpaired) electrons. The first-order valence-electron chi connectivity index (χ1n) is 12.3. The Morgan fingerprint density at radius 2 is 1.86 bits per heavy atom. The third-order valence-corrected chi connectivity index (χ3v) is 6.06. The molecule has 2 amide bonds. The Morgan fingerprint density at radius 3 is 2.54 bits per heavy atom. The van der Waals surface area contributed by atoms with E-state index in [1.807, 2.05) is 38.1 Å². The van der Waals surface area contributed by atoms with E-state index in [0.29, 0.717) is 42.3 Å². The third-order valence-electron chi connectivity index (χ3n) is 6.06. The lowest BCUT2D eigenvalue weighted by Crippen LogP contribution is -2.39. The standard InChI is InChI=1S/C28H32N4O5/c1-18(2)37-25-15-26(29-16-21(25)8-7-19-12-23(35-3)14-24(13-19)36-4)31-28(34)32-11-5-6-20-9-10-22(17-33)30-27(20)32/h9-10,12-18H,5-8,11H2,1-4H3,(H,29,31,34). The maximum atomic E-state index is 13.2. The lowest BCUT2D eigenvalue weighted by molar-refractivity contribution is 0.111. The van der Waals surface area contributed by atoms with Gasteiger partial charge in [-0.2, -0.15) is 0 Å². The normalized spacial score (nSPS) is 12.6. The number of ether oxygens (including phenoxy) is 3. The molecule has 0 saturated carbocycles. The minimum atomic E-state index is -0.351. The number of nitrogens with zero attached hydrogens (tertiary/aromatic N) is 3. The monoisotopic (exact) mass is 504 g/mol. The molecule has 1 aliphatic rings. The minimum Gasteiger partial charge on any atom is -0.497 e. The van der Waals surface area contributed by atoms with Gasteiger partial charge in [0, 0.05) is 30.4 Å². The minimum absolute atomic E-state index is 0.0541. The van der Waals surface area contributed by atoms with Crippen LogP contribution in [0.25, 0.3) is 0 Å². The average molecular weight is 505 g/mol. The van der Waals surface area contributed by atoms with Crippen molar-refractivity contribution in [1.29, 1.82) is 0 Å². The van der Waals surface area contributed by atoms with Gasteiger partial charge in [0.25, 0.3) is 0 Å². The molecule has 3 aromatic rings. The van der Waals surface area contributed by atoms with Crippen LogP contribution in [0.3, 0.4) is 0 Å². The van der Waals surface area contributed by atoms with E-state index < -0.39 is 0 Å². The number of pyridine rings is 2. The van der Waals surface area contributed by atoms with Gasteiger partial charge in [-0.05, 0) is 68.9 Å². The lowest BCUT2D eigenvalue weighted by atomic mass is 10.0. The number of amides is 2. The molecule has 0 aliphatic carbocycles. The number of nitrogens with one attached hydrogen (secondary N) is 1. The van der Waals surface area contributed by atoms with Gasteiger partial charge in [-0.25, -0.2) is 14.8 Å². The second kappa shape index (κ2) is 11.7. The van der Waals surface area contributed by atoms with Crippen LogP contribution in [0, 0.1) is 0 Å². The Kier molecular flexibility index (Phi) is 8.22. The van der Waals surface area contributed by atoms with Crippen LogP contribution in [0.5, 0.6) is 17.2 Å². The summed E-state index contributed by atoms with van der Waals surface area (Å²) in [6, 6.07) is 10.7. The van der Waals surface area contributed by atoms with Gasteiger partial charge < -0.3 is 14.2 Å². The third kappa shape index (κ3) is 6.35. The van der Waals surface area contributed by atoms with Crippen LogP contribution in [-0.4, -0.2) is 49.2 Å². The van der Waals surface area contributed by atoms with E-state index >= 15 is 0 Å². The average Bonchev–Trinajstić information content (AvgIpc) is 2.91. The Bertz CT molecular complexity index is 1260. The van der Waals surface area contributed by atoms with Crippen molar-refractivity contribution in [2.75, 3.05) is 31.0 Å². The van der Waals surface area contributed by atoms with Gasteiger partial charge in [-0.15, -0.1) is 0 Å². The summed E-state index contributed by atoms with van der Waals surface area (Å²) in [5.74, 6) is 3.02. The number of aromatic nitrogens is 2. The van der Waals surface area contributed by atoms with E-state index in [-0.39, 0.29) is 12.1 Å². The van der Waals surface area contributed by atoms with Crippen molar-refractivity contribution >= 4 is 24.0 Å². The van der Waals surface area contributed by atoms with Crippen molar-refractivity contribution in [3.8, 4) is 17.2 Å². The van der Waals surface area contributed by atoms with Crippen LogP contribution < -0.4 is 24.4 Å².